The highest BCUT2D eigenvalue weighted by Gasteiger charge is 2.21. The van der Waals surface area contributed by atoms with Crippen molar-refractivity contribution in [3.05, 3.63) is 0 Å². The Morgan fingerprint density at radius 1 is 1.50 bits per heavy atom. The summed E-state index contributed by atoms with van der Waals surface area (Å²) in [6, 6.07) is 0.404. The Hall–Kier alpha value is -0.320. The van der Waals surface area contributed by atoms with E-state index >= 15 is 0 Å². The second-order valence-corrected chi connectivity index (χ2v) is 4.10. The summed E-state index contributed by atoms with van der Waals surface area (Å²) >= 11 is 5.40. The van der Waals surface area contributed by atoms with Crippen LogP contribution in [0.4, 0.5) is 0 Å². The summed E-state index contributed by atoms with van der Waals surface area (Å²) in [4.78, 5) is 15.5. The van der Waals surface area contributed by atoms with Crippen molar-refractivity contribution < 1.29 is 4.79 Å². The first-order valence-corrected chi connectivity index (χ1v) is 5.38. The Kier molecular flexibility index (Phi) is 4.65. The third kappa shape index (κ3) is 3.44. The van der Waals surface area contributed by atoms with Crippen LogP contribution in [-0.4, -0.2) is 67.9 Å². The van der Waals surface area contributed by atoms with Crippen molar-refractivity contribution >= 4 is 17.5 Å². The number of carbonyl (C=O) groups excluding carboxylic acids is 1. The smallest absolute Gasteiger partial charge is 0.234 e. The SMILES string of the molecule is CN1CCN(C)C(CNC(=O)CCl)C1. The van der Waals surface area contributed by atoms with Crippen molar-refractivity contribution in [3.63, 3.8) is 0 Å². The molecule has 1 aliphatic rings. The third-order valence-corrected chi connectivity index (χ3v) is 2.88. The Labute approximate surface area is 90.2 Å². The predicted molar refractivity (Wildman–Crippen MR) is 57.6 cm³/mol. The number of halogens is 1. The second-order valence-electron chi connectivity index (χ2n) is 3.83. The zero-order valence-electron chi connectivity index (χ0n) is 8.79. The number of nitrogens with one attached hydrogen (secondary N) is 1. The van der Waals surface area contributed by atoms with Gasteiger partial charge in [-0.1, -0.05) is 0 Å². The normalized spacial score (nSPS) is 24.9. The molecule has 14 heavy (non-hydrogen) atoms. The Morgan fingerprint density at radius 2 is 2.21 bits per heavy atom. The van der Waals surface area contributed by atoms with Crippen LogP contribution in [0.25, 0.3) is 0 Å². The molecule has 0 saturated carbocycles. The van der Waals surface area contributed by atoms with Crippen molar-refractivity contribution in [2.45, 2.75) is 6.04 Å². The van der Waals surface area contributed by atoms with Gasteiger partial charge in [0.2, 0.25) is 5.91 Å². The molecular formula is C9H18ClN3O. The van der Waals surface area contributed by atoms with Gasteiger partial charge in [-0.2, -0.15) is 0 Å². The monoisotopic (exact) mass is 219 g/mol. The van der Waals surface area contributed by atoms with Crippen molar-refractivity contribution in [3.8, 4) is 0 Å². The largest absolute Gasteiger partial charge is 0.353 e. The lowest BCUT2D eigenvalue weighted by atomic mass is 10.2. The van der Waals surface area contributed by atoms with Crippen molar-refractivity contribution in [2.24, 2.45) is 0 Å². The summed E-state index contributed by atoms with van der Waals surface area (Å²) in [7, 11) is 4.19. The van der Waals surface area contributed by atoms with E-state index in [0.717, 1.165) is 19.6 Å². The number of hydrogen-bond donors (Lipinski definition) is 1. The summed E-state index contributed by atoms with van der Waals surface area (Å²) in [5.41, 5.74) is 0. The van der Waals surface area contributed by atoms with E-state index in [1.165, 1.54) is 0 Å². The molecule has 0 aromatic rings. The summed E-state index contributed by atoms with van der Waals surface area (Å²) in [5, 5.41) is 2.81. The molecule has 1 saturated heterocycles. The van der Waals surface area contributed by atoms with Gasteiger partial charge < -0.3 is 10.2 Å². The number of rotatable bonds is 3. The summed E-state index contributed by atoms with van der Waals surface area (Å²) in [6.07, 6.45) is 0. The van der Waals surface area contributed by atoms with E-state index in [9.17, 15) is 4.79 Å². The molecule has 5 heteroatoms. The molecule has 0 spiro atoms. The van der Waals surface area contributed by atoms with E-state index < -0.39 is 0 Å². The van der Waals surface area contributed by atoms with E-state index in [0.29, 0.717) is 12.6 Å². The molecule has 1 N–H and O–H groups in total. The van der Waals surface area contributed by atoms with E-state index in [1.54, 1.807) is 0 Å². The lowest BCUT2D eigenvalue weighted by Gasteiger charge is -2.37. The molecule has 1 fully saturated rings. The van der Waals surface area contributed by atoms with Gasteiger partial charge in [0.1, 0.15) is 5.88 Å². The molecule has 1 rings (SSSR count). The highest BCUT2D eigenvalue weighted by atomic mass is 35.5. The molecule has 1 heterocycles. The maximum absolute atomic E-state index is 11.0. The number of piperazine rings is 1. The molecular weight excluding hydrogens is 202 g/mol. The van der Waals surface area contributed by atoms with Crippen LogP contribution in [-0.2, 0) is 4.79 Å². The van der Waals surface area contributed by atoms with Crippen LogP contribution in [0.3, 0.4) is 0 Å². The second kappa shape index (κ2) is 5.53. The minimum Gasteiger partial charge on any atom is -0.353 e. The van der Waals surface area contributed by atoms with Gasteiger partial charge in [-0.05, 0) is 14.1 Å². The Morgan fingerprint density at radius 3 is 2.86 bits per heavy atom. The maximum atomic E-state index is 11.0. The minimum absolute atomic E-state index is 0.0479. The Balaban J connectivity index is 2.30. The summed E-state index contributed by atoms with van der Waals surface area (Å²) in [6.45, 7) is 3.83. The van der Waals surface area contributed by atoms with E-state index in [2.05, 4.69) is 29.2 Å². The number of carbonyl (C=O) groups is 1. The standard InChI is InChI=1S/C9H18ClN3O/c1-12-3-4-13(2)8(7-12)6-11-9(14)5-10/h8H,3-7H2,1-2H3,(H,11,14). The molecule has 0 radical (unpaired) electrons. The first-order chi connectivity index (χ1) is 6.63. The molecule has 1 unspecified atom stereocenters. The van der Waals surface area contributed by atoms with Crippen molar-refractivity contribution in [1.29, 1.82) is 0 Å². The number of alkyl halides is 1. The molecule has 0 bridgehead atoms. The van der Waals surface area contributed by atoms with Crippen LogP contribution < -0.4 is 5.32 Å². The van der Waals surface area contributed by atoms with Gasteiger partial charge in [0.15, 0.2) is 0 Å². The number of amides is 1. The van der Waals surface area contributed by atoms with Gasteiger partial charge >= 0.3 is 0 Å². The number of nitrogens with zero attached hydrogens (tertiary/aromatic N) is 2. The molecule has 82 valence electrons. The molecule has 4 nitrogen and oxygen atoms in total. The summed E-state index contributed by atoms with van der Waals surface area (Å²) < 4.78 is 0. The van der Waals surface area contributed by atoms with Crippen LogP contribution in [0.5, 0.6) is 0 Å². The van der Waals surface area contributed by atoms with E-state index in [1.807, 2.05) is 0 Å². The minimum atomic E-state index is -0.0895. The van der Waals surface area contributed by atoms with Gasteiger partial charge in [0, 0.05) is 32.2 Å². The Bertz CT molecular complexity index is 200. The first-order valence-electron chi connectivity index (χ1n) is 4.85. The fourth-order valence-corrected chi connectivity index (χ4v) is 1.70. The molecule has 0 aliphatic carbocycles. The van der Waals surface area contributed by atoms with Crippen molar-refractivity contribution in [1.82, 2.24) is 15.1 Å². The first kappa shape index (κ1) is 11.8. The molecule has 1 atom stereocenters. The lowest BCUT2D eigenvalue weighted by Crippen LogP contribution is -2.54. The zero-order valence-corrected chi connectivity index (χ0v) is 9.55. The van der Waals surface area contributed by atoms with Gasteiger partial charge in [-0.15, -0.1) is 11.6 Å². The summed E-state index contributed by atoms with van der Waals surface area (Å²) in [5.74, 6) is -0.0417. The quantitative estimate of drug-likeness (QED) is 0.656. The molecule has 0 aromatic carbocycles. The maximum Gasteiger partial charge on any atom is 0.234 e. The average Bonchev–Trinajstić information content (AvgIpc) is 2.19. The van der Waals surface area contributed by atoms with E-state index in [4.69, 9.17) is 11.6 Å². The zero-order chi connectivity index (χ0) is 10.6. The molecule has 1 amide bonds. The van der Waals surface area contributed by atoms with Crippen LogP contribution in [0.15, 0.2) is 0 Å². The fourth-order valence-electron chi connectivity index (χ4n) is 1.60. The fraction of sp³-hybridized carbons (Fsp3) is 0.889. The van der Waals surface area contributed by atoms with Gasteiger partial charge in [-0.25, -0.2) is 0 Å². The van der Waals surface area contributed by atoms with Gasteiger partial charge in [-0.3, -0.25) is 9.69 Å². The molecule has 0 aromatic heterocycles. The van der Waals surface area contributed by atoms with E-state index in [-0.39, 0.29) is 11.8 Å². The van der Waals surface area contributed by atoms with Gasteiger partial charge in [0.25, 0.3) is 0 Å². The molecule has 1 aliphatic heterocycles. The van der Waals surface area contributed by atoms with Gasteiger partial charge in [0.05, 0.1) is 0 Å². The number of hydrogen-bond acceptors (Lipinski definition) is 3. The highest BCUT2D eigenvalue weighted by Crippen LogP contribution is 2.04. The topological polar surface area (TPSA) is 35.6 Å². The predicted octanol–water partition coefficient (Wildman–Crippen LogP) is -0.413. The van der Waals surface area contributed by atoms with Crippen LogP contribution in [0.2, 0.25) is 0 Å². The lowest BCUT2D eigenvalue weighted by molar-refractivity contribution is -0.119. The average molecular weight is 220 g/mol. The highest BCUT2D eigenvalue weighted by molar-refractivity contribution is 6.27. The number of likely N-dealkylation sites (N-methyl/N-ethyl adjacent to an activating group) is 2. The van der Waals surface area contributed by atoms with Crippen LogP contribution in [0, 0.1) is 0 Å². The van der Waals surface area contributed by atoms with Crippen LogP contribution in [0.1, 0.15) is 0 Å². The third-order valence-electron chi connectivity index (χ3n) is 2.64. The van der Waals surface area contributed by atoms with Crippen LogP contribution >= 0.6 is 11.6 Å². The van der Waals surface area contributed by atoms with Crippen molar-refractivity contribution in [2.75, 3.05) is 46.2 Å².